The Morgan fingerprint density at radius 1 is 1.35 bits per heavy atom. The van der Waals surface area contributed by atoms with Gasteiger partial charge in [0.15, 0.2) is 0 Å². The van der Waals surface area contributed by atoms with Crippen molar-refractivity contribution in [2.24, 2.45) is 0 Å². The summed E-state index contributed by atoms with van der Waals surface area (Å²) in [5.41, 5.74) is 2.43. The van der Waals surface area contributed by atoms with E-state index in [9.17, 15) is 0 Å². The molecule has 0 N–H and O–H groups in total. The summed E-state index contributed by atoms with van der Waals surface area (Å²) >= 11 is 0. The van der Waals surface area contributed by atoms with Crippen LogP contribution in [0.25, 0.3) is 0 Å². The molecule has 0 spiro atoms. The first-order valence-corrected chi connectivity index (χ1v) is 7.57. The van der Waals surface area contributed by atoms with E-state index in [-0.39, 0.29) is 0 Å². The standard InChI is InChI=1S/C16H25N3O/c1-11(2)18-9-14-6-15(10-18)19(14)8-13-5-12(3)16(20-4)17-7-13/h5,7,11,14-15H,6,8-10H2,1-4H3. The summed E-state index contributed by atoms with van der Waals surface area (Å²) in [7, 11) is 1.68. The van der Waals surface area contributed by atoms with Crippen LogP contribution in [0.1, 0.15) is 31.4 Å². The second kappa shape index (κ2) is 5.34. The molecule has 2 unspecified atom stereocenters. The van der Waals surface area contributed by atoms with Crippen LogP contribution in [0.4, 0.5) is 0 Å². The number of piperidine rings is 1. The Hall–Kier alpha value is -1.13. The van der Waals surface area contributed by atoms with Crippen molar-refractivity contribution in [1.29, 1.82) is 0 Å². The molecule has 110 valence electrons. The van der Waals surface area contributed by atoms with Crippen LogP contribution in [-0.4, -0.2) is 53.1 Å². The van der Waals surface area contributed by atoms with Crippen LogP contribution in [0.15, 0.2) is 12.3 Å². The van der Waals surface area contributed by atoms with Crippen molar-refractivity contribution in [2.75, 3.05) is 20.2 Å². The molecule has 2 atom stereocenters. The highest BCUT2D eigenvalue weighted by atomic mass is 16.5. The van der Waals surface area contributed by atoms with E-state index in [1.165, 1.54) is 25.1 Å². The lowest BCUT2D eigenvalue weighted by Crippen LogP contribution is -2.68. The summed E-state index contributed by atoms with van der Waals surface area (Å²) in [6, 6.07) is 4.35. The number of pyridine rings is 1. The molecule has 0 aliphatic carbocycles. The fourth-order valence-electron chi connectivity index (χ4n) is 3.53. The Labute approximate surface area is 121 Å². The van der Waals surface area contributed by atoms with Crippen LogP contribution in [0.3, 0.4) is 0 Å². The van der Waals surface area contributed by atoms with E-state index in [0.717, 1.165) is 30.1 Å². The van der Waals surface area contributed by atoms with Crippen molar-refractivity contribution in [2.45, 2.75) is 51.9 Å². The maximum Gasteiger partial charge on any atom is 0.215 e. The molecule has 2 bridgehead atoms. The minimum absolute atomic E-state index is 0.673. The Morgan fingerprint density at radius 3 is 2.60 bits per heavy atom. The quantitative estimate of drug-likeness (QED) is 0.841. The highest BCUT2D eigenvalue weighted by Crippen LogP contribution is 2.34. The summed E-state index contributed by atoms with van der Waals surface area (Å²) in [4.78, 5) is 9.63. The molecule has 4 heteroatoms. The monoisotopic (exact) mass is 275 g/mol. The van der Waals surface area contributed by atoms with Gasteiger partial charge in [-0.3, -0.25) is 9.80 Å². The van der Waals surface area contributed by atoms with Crippen LogP contribution in [0.5, 0.6) is 5.88 Å². The zero-order chi connectivity index (χ0) is 14.3. The third-order valence-electron chi connectivity index (χ3n) is 4.75. The van der Waals surface area contributed by atoms with E-state index in [0.29, 0.717) is 6.04 Å². The summed E-state index contributed by atoms with van der Waals surface area (Å²) in [5.74, 6) is 0.739. The van der Waals surface area contributed by atoms with Crippen molar-refractivity contribution in [3.05, 3.63) is 23.4 Å². The third kappa shape index (κ3) is 2.42. The molecule has 0 saturated carbocycles. The molecule has 20 heavy (non-hydrogen) atoms. The van der Waals surface area contributed by atoms with Crippen molar-refractivity contribution >= 4 is 0 Å². The number of ether oxygens (including phenoxy) is 1. The first-order valence-electron chi connectivity index (χ1n) is 7.57. The van der Waals surface area contributed by atoms with Gasteiger partial charge in [0.2, 0.25) is 5.88 Å². The van der Waals surface area contributed by atoms with E-state index in [4.69, 9.17) is 4.74 Å². The molecule has 1 aromatic rings. The van der Waals surface area contributed by atoms with Crippen LogP contribution >= 0.6 is 0 Å². The number of rotatable bonds is 4. The van der Waals surface area contributed by atoms with Crippen molar-refractivity contribution in [3.63, 3.8) is 0 Å². The van der Waals surface area contributed by atoms with Crippen molar-refractivity contribution < 1.29 is 4.74 Å². The van der Waals surface area contributed by atoms with Gasteiger partial charge in [-0.15, -0.1) is 0 Å². The van der Waals surface area contributed by atoms with Gasteiger partial charge in [0, 0.05) is 49.5 Å². The zero-order valence-electron chi connectivity index (χ0n) is 13.0. The Morgan fingerprint density at radius 2 is 2.05 bits per heavy atom. The lowest BCUT2D eigenvalue weighted by molar-refractivity contribution is -0.0835. The van der Waals surface area contributed by atoms with Gasteiger partial charge in [0.05, 0.1) is 7.11 Å². The zero-order valence-corrected chi connectivity index (χ0v) is 13.0. The SMILES string of the molecule is COc1ncc(CN2C3CC2CN(C(C)C)C3)cc1C. The predicted molar refractivity (Wildman–Crippen MR) is 80.0 cm³/mol. The molecular formula is C16H25N3O. The lowest BCUT2D eigenvalue weighted by Gasteiger charge is -2.57. The van der Waals surface area contributed by atoms with Gasteiger partial charge in [-0.25, -0.2) is 4.98 Å². The van der Waals surface area contributed by atoms with Crippen LogP contribution in [0.2, 0.25) is 0 Å². The summed E-state index contributed by atoms with van der Waals surface area (Å²) in [5, 5.41) is 0. The van der Waals surface area contributed by atoms with E-state index in [2.05, 4.69) is 41.6 Å². The summed E-state index contributed by atoms with van der Waals surface area (Å²) in [6.45, 7) is 10.1. The molecule has 4 nitrogen and oxygen atoms in total. The number of likely N-dealkylation sites (tertiary alicyclic amines) is 2. The third-order valence-corrected chi connectivity index (χ3v) is 4.75. The fourth-order valence-corrected chi connectivity index (χ4v) is 3.53. The normalized spacial score (nSPS) is 26.6. The molecule has 2 fully saturated rings. The minimum atomic E-state index is 0.673. The smallest absolute Gasteiger partial charge is 0.215 e. The average Bonchev–Trinajstić information content (AvgIpc) is 2.45. The molecule has 2 aliphatic rings. The van der Waals surface area contributed by atoms with Crippen LogP contribution < -0.4 is 4.74 Å². The van der Waals surface area contributed by atoms with Gasteiger partial charge in [-0.05, 0) is 38.8 Å². The number of aryl methyl sites for hydroxylation is 1. The molecule has 0 radical (unpaired) electrons. The van der Waals surface area contributed by atoms with Crippen molar-refractivity contribution in [3.8, 4) is 5.88 Å². The number of hydrogen-bond acceptors (Lipinski definition) is 4. The van der Waals surface area contributed by atoms with Gasteiger partial charge >= 0.3 is 0 Å². The van der Waals surface area contributed by atoms with E-state index in [1.54, 1.807) is 7.11 Å². The largest absolute Gasteiger partial charge is 0.481 e. The van der Waals surface area contributed by atoms with Gasteiger partial charge in [-0.1, -0.05) is 0 Å². The van der Waals surface area contributed by atoms with E-state index >= 15 is 0 Å². The molecule has 0 aromatic carbocycles. The Kier molecular flexibility index (Phi) is 3.69. The first-order chi connectivity index (χ1) is 9.58. The Bertz CT molecular complexity index is 477. The van der Waals surface area contributed by atoms with Crippen molar-refractivity contribution in [1.82, 2.24) is 14.8 Å². The highest BCUT2D eigenvalue weighted by Gasteiger charge is 2.44. The van der Waals surface area contributed by atoms with E-state index < -0.39 is 0 Å². The molecule has 0 amide bonds. The Balaban J connectivity index is 1.64. The highest BCUT2D eigenvalue weighted by molar-refractivity contribution is 5.28. The molecule has 3 heterocycles. The molecule has 2 saturated heterocycles. The van der Waals surface area contributed by atoms with Gasteiger partial charge in [0.25, 0.3) is 0 Å². The summed E-state index contributed by atoms with van der Waals surface area (Å²) in [6.07, 6.45) is 3.33. The second-order valence-electron chi connectivity index (χ2n) is 6.43. The molecule has 1 aromatic heterocycles. The van der Waals surface area contributed by atoms with Gasteiger partial charge in [-0.2, -0.15) is 0 Å². The molecule has 2 aliphatic heterocycles. The average molecular weight is 275 g/mol. The maximum atomic E-state index is 5.23. The maximum absolute atomic E-state index is 5.23. The number of piperazine rings is 1. The second-order valence-corrected chi connectivity index (χ2v) is 6.43. The topological polar surface area (TPSA) is 28.6 Å². The fraction of sp³-hybridized carbons (Fsp3) is 0.688. The van der Waals surface area contributed by atoms with Gasteiger partial charge in [0.1, 0.15) is 0 Å². The number of fused-ring (bicyclic) bond motifs is 2. The number of hydrogen-bond donors (Lipinski definition) is 0. The molecule has 3 rings (SSSR count). The number of methoxy groups -OCH3 is 1. The summed E-state index contributed by atoms with van der Waals surface area (Å²) < 4.78 is 5.23. The van der Waals surface area contributed by atoms with E-state index in [1.807, 2.05) is 6.20 Å². The number of nitrogens with zero attached hydrogens (tertiary/aromatic N) is 3. The number of aromatic nitrogens is 1. The van der Waals surface area contributed by atoms with Crippen LogP contribution in [0, 0.1) is 6.92 Å². The minimum Gasteiger partial charge on any atom is -0.481 e. The molecular weight excluding hydrogens is 250 g/mol. The van der Waals surface area contributed by atoms with Crippen LogP contribution in [-0.2, 0) is 6.54 Å². The van der Waals surface area contributed by atoms with Gasteiger partial charge < -0.3 is 4.74 Å². The lowest BCUT2D eigenvalue weighted by atomic mass is 9.86. The first kappa shape index (κ1) is 13.8. The predicted octanol–water partition coefficient (Wildman–Crippen LogP) is 2.07.